The van der Waals surface area contributed by atoms with E-state index < -0.39 is 14.8 Å². The Morgan fingerprint density at radius 2 is 1.43 bits per heavy atom. The third kappa shape index (κ3) is 8.55. The SMILES string of the molecule is CCOC(C)(CC(CN)CCN)O[Si](OCC)(OCC)OCC. The van der Waals surface area contributed by atoms with E-state index in [4.69, 9.17) is 33.9 Å². The topological polar surface area (TPSA) is 98.2 Å². The van der Waals surface area contributed by atoms with Gasteiger partial charge in [0.2, 0.25) is 0 Å². The van der Waals surface area contributed by atoms with E-state index in [-0.39, 0.29) is 5.92 Å². The zero-order chi connectivity index (χ0) is 17.8. The number of rotatable bonds is 15. The molecule has 0 saturated heterocycles. The van der Waals surface area contributed by atoms with Crippen molar-refractivity contribution >= 4 is 9.05 Å². The molecular weight excluding hydrogens is 316 g/mol. The van der Waals surface area contributed by atoms with Crippen LogP contribution in [0.15, 0.2) is 0 Å². The lowest BCUT2D eigenvalue weighted by atomic mass is 9.97. The second kappa shape index (κ2) is 12.3. The molecule has 0 aliphatic carbocycles. The maximum atomic E-state index is 6.22. The molecule has 0 fully saturated rings. The molecule has 8 heteroatoms. The van der Waals surface area contributed by atoms with Crippen LogP contribution in [0.25, 0.3) is 0 Å². The van der Waals surface area contributed by atoms with Crippen molar-refractivity contribution in [2.45, 2.75) is 53.2 Å². The summed E-state index contributed by atoms with van der Waals surface area (Å²) in [6, 6.07) is 0. The minimum atomic E-state index is -3.27. The molecule has 0 saturated carbocycles. The van der Waals surface area contributed by atoms with Gasteiger partial charge in [-0.25, -0.2) is 0 Å². The first-order valence-corrected chi connectivity index (χ1v) is 10.2. The first-order valence-electron chi connectivity index (χ1n) is 8.60. The fourth-order valence-electron chi connectivity index (χ4n) is 2.51. The van der Waals surface area contributed by atoms with E-state index >= 15 is 0 Å². The second-order valence-corrected chi connectivity index (χ2v) is 7.42. The van der Waals surface area contributed by atoms with Crippen molar-refractivity contribution in [1.29, 1.82) is 0 Å². The van der Waals surface area contributed by atoms with Crippen LogP contribution in [0.4, 0.5) is 0 Å². The van der Waals surface area contributed by atoms with Gasteiger partial charge >= 0.3 is 9.05 Å². The Kier molecular flexibility index (Phi) is 12.3. The molecule has 0 aromatic carbocycles. The van der Waals surface area contributed by atoms with Gasteiger partial charge in [0, 0.05) is 32.8 Å². The summed E-state index contributed by atoms with van der Waals surface area (Å²) in [5.74, 6) is -0.687. The van der Waals surface area contributed by atoms with E-state index in [1.165, 1.54) is 0 Å². The van der Waals surface area contributed by atoms with Crippen molar-refractivity contribution in [2.24, 2.45) is 17.4 Å². The number of nitrogens with two attached hydrogens (primary N) is 2. The van der Waals surface area contributed by atoms with Gasteiger partial charge in [0.05, 0.1) is 0 Å². The minimum Gasteiger partial charge on any atom is -0.351 e. The number of hydrogen-bond donors (Lipinski definition) is 2. The molecule has 2 unspecified atom stereocenters. The molecule has 0 spiro atoms. The molecule has 0 bridgehead atoms. The Bertz CT molecular complexity index is 282. The van der Waals surface area contributed by atoms with Crippen LogP contribution in [0.3, 0.4) is 0 Å². The first kappa shape index (κ1) is 22.9. The van der Waals surface area contributed by atoms with Gasteiger partial charge in [-0.2, -0.15) is 0 Å². The van der Waals surface area contributed by atoms with E-state index in [1.54, 1.807) is 0 Å². The van der Waals surface area contributed by atoms with Crippen LogP contribution in [-0.4, -0.2) is 54.4 Å². The van der Waals surface area contributed by atoms with Gasteiger partial charge in [0.1, 0.15) is 0 Å². The fraction of sp³-hybridized carbons (Fsp3) is 1.00. The van der Waals surface area contributed by atoms with Crippen LogP contribution in [0.2, 0.25) is 0 Å². The van der Waals surface area contributed by atoms with Crippen LogP contribution >= 0.6 is 0 Å². The Hall–Kier alpha value is -0.0631. The van der Waals surface area contributed by atoms with Crippen molar-refractivity contribution < 1.29 is 22.4 Å². The average molecular weight is 353 g/mol. The molecule has 140 valence electrons. The fourth-order valence-corrected chi connectivity index (χ4v) is 4.67. The van der Waals surface area contributed by atoms with Gasteiger partial charge < -0.3 is 33.9 Å². The molecule has 0 aromatic rings. The second-order valence-electron chi connectivity index (χ2n) is 5.35. The molecule has 4 N–H and O–H groups in total. The summed E-state index contributed by atoms with van der Waals surface area (Å²) < 4.78 is 29.4. The normalized spacial score (nSPS) is 16.3. The van der Waals surface area contributed by atoms with Crippen molar-refractivity contribution in [3.8, 4) is 0 Å². The largest absolute Gasteiger partial charge is 0.681 e. The lowest BCUT2D eigenvalue weighted by Gasteiger charge is -2.38. The Morgan fingerprint density at radius 1 is 0.913 bits per heavy atom. The molecule has 0 aliphatic heterocycles. The Balaban J connectivity index is 5.26. The molecule has 0 heterocycles. The molecule has 0 aromatic heterocycles. The van der Waals surface area contributed by atoms with E-state index in [0.717, 1.165) is 6.42 Å². The zero-order valence-electron chi connectivity index (χ0n) is 15.4. The molecule has 0 radical (unpaired) electrons. The molecule has 23 heavy (non-hydrogen) atoms. The van der Waals surface area contributed by atoms with Gasteiger partial charge in [-0.05, 0) is 60.0 Å². The van der Waals surface area contributed by atoms with Crippen LogP contribution in [-0.2, 0) is 22.4 Å². The summed E-state index contributed by atoms with van der Waals surface area (Å²) in [4.78, 5) is 0. The van der Waals surface area contributed by atoms with Crippen LogP contribution in [0, 0.1) is 5.92 Å². The van der Waals surface area contributed by atoms with Gasteiger partial charge in [-0.3, -0.25) is 0 Å². The standard InChI is InChI=1S/C15H36N2O5Si/c1-6-18-15(5,12-14(13-17)10-11-16)22-23(19-7-2,20-8-3)21-9-4/h14H,6-13,16-17H2,1-5H3. The summed E-state index contributed by atoms with van der Waals surface area (Å²) in [5, 5.41) is 0. The zero-order valence-corrected chi connectivity index (χ0v) is 16.4. The molecule has 0 amide bonds. The summed E-state index contributed by atoms with van der Waals surface area (Å²) in [6.45, 7) is 12.4. The highest BCUT2D eigenvalue weighted by Crippen LogP contribution is 2.29. The van der Waals surface area contributed by atoms with Gasteiger partial charge in [0.15, 0.2) is 5.79 Å². The lowest BCUT2D eigenvalue weighted by Crippen LogP contribution is -2.56. The number of ether oxygens (including phenoxy) is 1. The monoisotopic (exact) mass is 352 g/mol. The maximum absolute atomic E-state index is 6.22. The van der Waals surface area contributed by atoms with Gasteiger partial charge in [-0.1, -0.05) is 0 Å². The Labute approximate surface area is 142 Å². The van der Waals surface area contributed by atoms with Crippen molar-refractivity contribution in [3.05, 3.63) is 0 Å². The first-order chi connectivity index (χ1) is 10.9. The van der Waals surface area contributed by atoms with Crippen molar-refractivity contribution in [3.63, 3.8) is 0 Å². The quantitative estimate of drug-likeness (QED) is 0.341. The van der Waals surface area contributed by atoms with Gasteiger partial charge in [0.25, 0.3) is 0 Å². The summed E-state index contributed by atoms with van der Waals surface area (Å²) in [5.41, 5.74) is 11.5. The maximum Gasteiger partial charge on any atom is 0.681 e. The van der Waals surface area contributed by atoms with E-state index in [1.807, 2.05) is 34.6 Å². The average Bonchev–Trinajstić information content (AvgIpc) is 2.47. The lowest BCUT2D eigenvalue weighted by molar-refractivity contribution is -0.224. The predicted molar refractivity (Wildman–Crippen MR) is 92.6 cm³/mol. The highest BCUT2D eigenvalue weighted by molar-refractivity contribution is 6.53. The highest BCUT2D eigenvalue weighted by atomic mass is 28.4. The third-order valence-corrected chi connectivity index (χ3v) is 5.93. The van der Waals surface area contributed by atoms with Crippen LogP contribution in [0.5, 0.6) is 0 Å². The smallest absolute Gasteiger partial charge is 0.351 e. The van der Waals surface area contributed by atoms with Crippen LogP contribution in [0.1, 0.15) is 47.5 Å². The minimum absolute atomic E-state index is 0.202. The molecule has 2 atom stereocenters. The number of hydrogen-bond acceptors (Lipinski definition) is 7. The molecule has 0 rings (SSSR count). The predicted octanol–water partition coefficient (Wildman–Crippen LogP) is 1.61. The Morgan fingerprint density at radius 3 is 1.78 bits per heavy atom. The van der Waals surface area contributed by atoms with Crippen molar-refractivity contribution in [1.82, 2.24) is 0 Å². The summed E-state index contributed by atoms with van der Waals surface area (Å²) in [6.07, 6.45) is 1.42. The molecular formula is C15H36N2O5Si. The summed E-state index contributed by atoms with van der Waals surface area (Å²) in [7, 11) is -3.27. The molecule has 0 aliphatic rings. The van der Waals surface area contributed by atoms with Crippen LogP contribution < -0.4 is 11.5 Å². The van der Waals surface area contributed by atoms with E-state index in [9.17, 15) is 0 Å². The molecule has 7 nitrogen and oxygen atoms in total. The van der Waals surface area contributed by atoms with E-state index in [0.29, 0.717) is 45.9 Å². The third-order valence-electron chi connectivity index (χ3n) is 3.32. The van der Waals surface area contributed by atoms with Crippen molar-refractivity contribution in [2.75, 3.05) is 39.5 Å². The summed E-state index contributed by atoms with van der Waals surface area (Å²) >= 11 is 0. The van der Waals surface area contributed by atoms with E-state index in [2.05, 4.69) is 0 Å². The highest BCUT2D eigenvalue weighted by Gasteiger charge is 2.51. The van der Waals surface area contributed by atoms with Gasteiger partial charge in [-0.15, -0.1) is 0 Å².